The van der Waals surface area contributed by atoms with E-state index in [9.17, 15) is 18.8 Å². The number of ether oxygens (including phenoxy) is 5. The lowest BCUT2D eigenvalue weighted by Gasteiger charge is -2.37. The molecule has 7 rings (SSSR count). The minimum absolute atomic E-state index is 0.0299. The summed E-state index contributed by atoms with van der Waals surface area (Å²) in [5.41, 5.74) is 1.60. The summed E-state index contributed by atoms with van der Waals surface area (Å²) in [6.45, 7) is 9.06. The number of carbonyl (C=O) groups is 2. The predicted octanol–water partition coefficient (Wildman–Crippen LogP) is 5.18. The highest BCUT2D eigenvalue weighted by atomic mass is 19.1. The van der Waals surface area contributed by atoms with Crippen molar-refractivity contribution < 1.29 is 42.1 Å². The minimum atomic E-state index is -1.15. The average molecular weight is 874 g/mol. The van der Waals surface area contributed by atoms with Crippen molar-refractivity contribution in [3.63, 3.8) is 0 Å². The molecular weight excluding hydrogens is 821 g/mol. The van der Waals surface area contributed by atoms with Crippen LogP contribution in [0.4, 0.5) is 25.0 Å². The van der Waals surface area contributed by atoms with E-state index in [0.717, 1.165) is 43.6 Å². The number of piperazine rings is 1. The van der Waals surface area contributed by atoms with E-state index in [4.69, 9.17) is 23.7 Å². The van der Waals surface area contributed by atoms with Gasteiger partial charge in [0.2, 0.25) is 6.29 Å². The number of benzene rings is 3. The molecule has 5 aromatic rings. The number of hydrogen-bond donors (Lipinski definition) is 0. The summed E-state index contributed by atoms with van der Waals surface area (Å²) in [6, 6.07) is 18.7. The molecule has 5 atom stereocenters. The van der Waals surface area contributed by atoms with E-state index in [1.54, 1.807) is 36.9 Å². The zero-order valence-electron chi connectivity index (χ0n) is 36.0. The summed E-state index contributed by atoms with van der Waals surface area (Å²) >= 11 is 0. The molecule has 2 aromatic heterocycles. The largest absolute Gasteiger partial charge is 0.511 e. The number of likely N-dealkylation sites (N-methyl/N-ethyl adjacent to an activating group) is 1. The zero-order valence-corrected chi connectivity index (χ0v) is 36.0. The lowest BCUT2D eigenvalue weighted by Crippen LogP contribution is -2.46. The van der Waals surface area contributed by atoms with Crippen LogP contribution in [0.15, 0.2) is 90.5 Å². The number of rotatable bonds is 17. The molecule has 17 nitrogen and oxygen atoms in total. The van der Waals surface area contributed by atoms with E-state index in [1.807, 2.05) is 55.5 Å². The molecule has 0 amide bonds. The number of hydrogen-bond acceptors (Lipinski definition) is 14. The molecule has 2 saturated heterocycles. The van der Waals surface area contributed by atoms with Gasteiger partial charge in [-0.3, -0.25) is 9.69 Å². The van der Waals surface area contributed by atoms with Crippen LogP contribution < -0.4 is 20.2 Å². The third-order valence-electron chi connectivity index (χ3n) is 11.2. The Hall–Kier alpha value is -6.34. The quantitative estimate of drug-likeness (QED) is 0.0888. The maximum atomic E-state index is 15.0. The fourth-order valence-electron chi connectivity index (χ4n) is 8.12. The molecule has 0 spiro atoms. The van der Waals surface area contributed by atoms with E-state index >= 15 is 4.39 Å². The number of aromatic nitrogens is 6. The highest BCUT2D eigenvalue weighted by Gasteiger charge is 2.45. The second-order valence-electron chi connectivity index (χ2n) is 16.1. The maximum Gasteiger partial charge on any atom is 0.511 e. The fraction of sp³-hybridized carbons (Fsp3) is 0.455. The van der Waals surface area contributed by atoms with Crippen molar-refractivity contribution in [1.29, 1.82) is 0 Å². The summed E-state index contributed by atoms with van der Waals surface area (Å²) in [5, 5.41) is 8.53. The van der Waals surface area contributed by atoms with Crippen LogP contribution in [0.5, 0.6) is 5.75 Å². The van der Waals surface area contributed by atoms with Gasteiger partial charge in [0.05, 0.1) is 38.0 Å². The van der Waals surface area contributed by atoms with Crippen molar-refractivity contribution in [2.24, 2.45) is 5.92 Å². The van der Waals surface area contributed by atoms with Gasteiger partial charge in [0.1, 0.15) is 48.1 Å². The molecule has 2 aliphatic heterocycles. The lowest BCUT2D eigenvalue weighted by molar-refractivity contribution is -0.169. The van der Waals surface area contributed by atoms with Crippen LogP contribution in [0.25, 0.3) is 5.69 Å². The molecule has 0 aliphatic carbocycles. The van der Waals surface area contributed by atoms with E-state index < -0.39 is 47.8 Å². The Labute approximate surface area is 363 Å². The molecule has 2 fully saturated rings. The Morgan fingerprint density at radius 3 is 2.17 bits per heavy atom. The van der Waals surface area contributed by atoms with Gasteiger partial charge in [-0.15, -0.1) is 0 Å². The third kappa shape index (κ3) is 10.8. The van der Waals surface area contributed by atoms with Crippen molar-refractivity contribution in [3.8, 4) is 11.4 Å². The van der Waals surface area contributed by atoms with Crippen molar-refractivity contribution >= 4 is 23.5 Å². The number of halogens is 2. The fourth-order valence-corrected chi connectivity index (χ4v) is 8.12. The van der Waals surface area contributed by atoms with Gasteiger partial charge in [-0.1, -0.05) is 13.0 Å². The van der Waals surface area contributed by atoms with Crippen LogP contribution in [0.2, 0.25) is 0 Å². The SMILES string of the molecule is CC[C@@H](C(C)OC(=O)OC(C)OC(=O)CN(C)C)n1ncn(-c2ccc(N3CCN(c4ccc(OC[C@@H]5CO[C@@](Cn6cncn6)(c6ccc(F)cc6F)C5)cc4)CC3)cc2)c1=O. The smallest absolute Gasteiger partial charge is 0.493 e. The van der Waals surface area contributed by atoms with Crippen LogP contribution in [0.1, 0.15) is 45.2 Å². The molecule has 336 valence electrons. The summed E-state index contributed by atoms with van der Waals surface area (Å²) in [5.74, 6) is -1.19. The van der Waals surface area contributed by atoms with E-state index in [2.05, 4.69) is 25.0 Å². The van der Waals surface area contributed by atoms with E-state index in [0.29, 0.717) is 37.5 Å². The Kier molecular flexibility index (Phi) is 14.0. The highest BCUT2D eigenvalue weighted by Crippen LogP contribution is 2.42. The molecule has 0 radical (unpaired) electrons. The molecule has 4 heterocycles. The Morgan fingerprint density at radius 2 is 1.56 bits per heavy atom. The highest BCUT2D eigenvalue weighted by molar-refractivity contribution is 5.72. The van der Waals surface area contributed by atoms with Gasteiger partial charge in [-0.2, -0.15) is 10.2 Å². The third-order valence-corrected chi connectivity index (χ3v) is 11.2. The van der Waals surface area contributed by atoms with Crippen LogP contribution in [-0.4, -0.2) is 119 Å². The molecule has 0 saturated carbocycles. The standard InChI is InChI=1S/C44H53F2N9O8/c1-6-40(30(2)61-43(58)63-31(3)62-41(56)23-50(4)5)55-42(57)54(29-49-55)36-10-8-34(9-11-36)51-17-19-52(20-18-51)35-12-14-37(15-13-35)59-24-32-22-44(60-25-32,26-53-28-47-27-48-53)38-16-7-33(45)21-39(38)46/h7-16,21,27-32,40H,6,17-20,22-26H2,1-5H3/t30?,31?,32-,40+,44+/m1/s1. The number of anilines is 2. The monoisotopic (exact) mass is 873 g/mol. The Morgan fingerprint density at radius 1 is 0.889 bits per heavy atom. The average Bonchev–Trinajstić information content (AvgIpc) is 4.01. The van der Waals surface area contributed by atoms with E-state index in [-0.39, 0.29) is 30.3 Å². The molecule has 2 unspecified atom stereocenters. The normalized spacial score (nSPS) is 19.1. The summed E-state index contributed by atoms with van der Waals surface area (Å²) in [6.07, 6.45) is 2.35. The molecular formula is C44H53F2N9O8. The van der Waals surface area contributed by atoms with Crippen molar-refractivity contribution in [3.05, 3.63) is 113 Å². The first-order chi connectivity index (χ1) is 30.3. The van der Waals surface area contributed by atoms with Gasteiger partial charge >= 0.3 is 17.8 Å². The van der Waals surface area contributed by atoms with Gasteiger partial charge in [0.25, 0.3) is 0 Å². The van der Waals surface area contributed by atoms with Crippen molar-refractivity contribution in [2.45, 2.75) is 64.2 Å². The van der Waals surface area contributed by atoms with Crippen molar-refractivity contribution in [2.75, 3.05) is 69.8 Å². The van der Waals surface area contributed by atoms with Crippen LogP contribution in [0, 0.1) is 17.6 Å². The zero-order chi connectivity index (χ0) is 44.7. The lowest BCUT2D eigenvalue weighted by atomic mass is 9.87. The summed E-state index contributed by atoms with van der Waals surface area (Å²) in [4.78, 5) is 48.1. The second kappa shape index (κ2) is 19.8. The molecule has 0 N–H and O–H groups in total. The Balaban J connectivity index is 0.885. The van der Waals surface area contributed by atoms with Gasteiger partial charge in [0.15, 0.2) is 0 Å². The molecule has 19 heteroatoms. The van der Waals surface area contributed by atoms with Crippen LogP contribution in [-0.2, 0) is 35.9 Å². The first-order valence-corrected chi connectivity index (χ1v) is 20.9. The van der Waals surface area contributed by atoms with E-state index in [1.165, 1.54) is 41.0 Å². The van der Waals surface area contributed by atoms with Gasteiger partial charge in [-0.05, 0) is 88.5 Å². The topological polar surface area (TPSA) is 161 Å². The summed E-state index contributed by atoms with van der Waals surface area (Å²) < 4.78 is 61.2. The maximum absolute atomic E-state index is 15.0. The molecule has 3 aromatic carbocycles. The number of nitrogens with zero attached hydrogens (tertiary/aromatic N) is 9. The predicted molar refractivity (Wildman–Crippen MR) is 227 cm³/mol. The van der Waals surface area contributed by atoms with Gasteiger partial charge in [0, 0.05) is 62.0 Å². The van der Waals surface area contributed by atoms with Crippen LogP contribution >= 0.6 is 0 Å². The number of carbonyl (C=O) groups excluding carboxylic acids is 2. The van der Waals surface area contributed by atoms with Crippen molar-refractivity contribution in [1.82, 2.24) is 34.0 Å². The number of esters is 1. The van der Waals surface area contributed by atoms with Crippen LogP contribution in [0.3, 0.4) is 0 Å². The van der Waals surface area contributed by atoms with Gasteiger partial charge in [-0.25, -0.2) is 37.3 Å². The summed E-state index contributed by atoms with van der Waals surface area (Å²) in [7, 11) is 3.43. The molecule has 0 bridgehead atoms. The first-order valence-electron chi connectivity index (χ1n) is 20.9. The molecule has 63 heavy (non-hydrogen) atoms. The van der Waals surface area contributed by atoms with Gasteiger partial charge < -0.3 is 33.5 Å². The Bertz CT molecular complexity index is 2350. The molecule has 2 aliphatic rings. The minimum Gasteiger partial charge on any atom is -0.493 e. The first kappa shape index (κ1) is 44.7. The second-order valence-corrected chi connectivity index (χ2v) is 16.1.